The zero-order valence-electron chi connectivity index (χ0n) is 45.5. The Morgan fingerprint density at radius 1 is 0.457 bits per heavy atom. The lowest BCUT2D eigenvalue weighted by Gasteiger charge is -2.24. The molecule has 0 aliphatic carbocycles. The number of nitrogens with zero attached hydrogens (tertiary/aromatic N) is 1. The zero-order valence-corrected chi connectivity index (χ0v) is 46.4. The van der Waals surface area contributed by atoms with Crippen molar-refractivity contribution in [2.45, 2.75) is 225 Å². The molecule has 0 radical (unpaired) electrons. The highest BCUT2D eigenvalue weighted by molar-refractivity contribution is 7.47. The molecule has 0 heterocycles. The molecule has 2 unspecified atom stereocenters. The second-order valence-electron chi connectivity index (χ2n) is 19.6. The van der Waals surface area contributed by atoms with Crippen LogP contribution >= 0.6 is 7.82 Å². The Morgan fingerprint density at radius 3 is 1.23 bits per heavy atom. The van der Waals surface area contributed by atoms with Gasteiger partial charge in [-0.25, -0.2) is 4.57 Å². The minimum absolute atomic E-state index is 0.0224. The summed E-state index contributed by atoms with van der Waals surface area (Å²) in [6.07, 6.45) is 68.9. The fourth-order valence-corrected chi connectivity index (χ4v) is 8.02. The molecule has 0 saturated carbocycles. The number of phosphoric acid groups is 1. The normalized spacial score (nSPS) is 14.1. The third-order valence-electron chi connectivity index (χ3n) is 11.6. The molecule has 9 nitrogen and oxygen atoms in total. The lowest BCUT2D eigenvalue weighted by molar-refractivity contribution is -0.870. The second-order valence-corrected chi connectivity index (χ2v) is 21.0. The molecule has 0 fully saturated rings. The number of phosphoric ester groups is 1. The van der Waals surface area contributed by atoms with Crippen LogP contribution in [0.1, 0.15) is 219 Å². The number of rotatable bonds is 50. The predicted molar refractivity (Wildman–Crippen MR) is 298 cm³/mol. The first kappa shape index (κ1) is 66.9. The SMILES string of the molecule is CC/C=C\C/C=C\C/C=C\C/C=C\C/C=C\C/C=C\C/C=C\CCCCCCCC(=O)OC(COC(=O)CCCCCCCCCCC/C=C\CCCCCCCC)COP(=O)(O)OCC[N+](C)(C)C. The zero-order chi connectivity index (χ0) is 51.3. The summed E-state index contributed by atoms with van der Waals surface area (Å²) in [4.78, 5) is 35.6. The van der Waals surface area contributed by atoms with E-state index in [1.54, 1.807) is 0 Å². The Labute approximate surface area is 430 Å². The molecular weight excluding hydrogens is 894 g/mol. The number of quaternary nitrogens is 1. The summed E-state index contributed by atoms with van der Waals surface area (Å²) in [5.74, 6) is -0.826. The topological polar surface area (TPSA) is 108 Å². The number of likely N-dealkylation sites (N-methyl/N-ethyl adjacent to an activating group) is 1. The van der Waals surface area contributed by atoms with Crippen LogP contribution in [0.5, 0.6) is 0 Å². The largest absolute Gasteiger partial charge is 0.472 e. The molecule has 2 atom stereocenters. The maximum atomic E-state index is 12.8. The Morgan fingerprint density at radius 2 is 0.814 bits per heavy atom. The average molecular weight is 999 g/mol. The summed E-state index contributed by atoms with van der Waals surface area (Å²) < 4.78 is 34.5. The van der Waals surface area contributed by atoms with Crippen LogP contribution in [0, 0.1) is 0 Å². The van der Waals surface area contributed by atoms with Crippen molar-refractivity contribution in [2.24, 2.45) is 0 Å². The second kappa shape index (κ2) is 50.9. The molecule has 0 aromatic carbocycles. The van der Waals surface area contributed by atoms with E-state index in [9.17, 15) is 19.0 Å². The third kappa shape index (κ3) is 54.3. The van der Waals surface area contributed by atoms with Crippen LogP contribution < -0.4 is 0 Å². The molecule has 0 saturated heterocycles. The molecule has 0 aliphatic rings. The number of unbranched alkanes of at least 4 members (excludes halogenated alkanes) is 20. The minimum atomic E-state index is -4.40. The van der Waals surface area contributed by atoms with Gasteiger partial charge in [-0.2, -0.15) is 0 Å². The van der Waals surface area contributed by atoms with Crippen LogP contribution in [0.15, 0.2) is 97.2 Å². The van der Waals surface area contributed by atoms with Crippen molar-refractivity contribution in [1.82, 2.24) is 0 Å². The van der Waals surface area contributed by atoms with Crippen LogP contribution in [-0.4, -0.2) is 74.9 Å². The van der Waals surface area contributed by atoms with E-state index in [4.69, 9.17) is 18.5 Å². The van der Waals surface area contributed by atoms with E-state index in [2.05, 4.69) is 111 Å². The summed E-state index contributed by atoms with van der Waals surface area (Å²) >= 11 is 0. The van der Waals surface area contributed by atoms with Crippen molar-refractivity contribution in [1.29, 1.82) is 0 Å². The molecular formula is C60H105NO8P+. The molecule has 0 aliphatic heterocycles. The monoisotopic (exact) mass is 999 g/mol. The van der Waals surface area contributed by atoms with Crippen molar-refractivity contribution in [3.8, 4) is 0 Å². The van der Waals surface area contributed by atoms with E-state index >= 15 is 0 Å². The number of hydrogen-bond acceptors (Lipinski definition) is 7. The standard InChI is InChI=1S/C60H104NO8P/c1-6-8-10-12-14-16-18-20-22-24-26-27-28-29-30-31-32-33-35-37-39-41-43-45-47-49-51-53-60(63)69-58(57-68-70(64,65)67-55-54-61(3,4)5)56-66-59(62)52-50-48-46-44-42-40-38-36-34-25-23-21-19-17-15-13-11-9-7-2/h8,10,14,16,20-23,26-27,29-30,32-33,37,39,58H,6-7,9,11-13,15,17-19,24-25,28,31,34-36,38,40-57H2,1-5H3/p+1/b10-8-,16-14-,22-20-,23-21-,27-26-,30-29-,33-32-,39-37-. The van der Waals surface area contributed by atoms with Crippen molar-refractivity contribution in [3.63, 3.8) is 0 Å². The van der Waals surface area contributed by atoms with Gasteiger partial charge in [0.25, 0.3) is 0 Å². The Kier molecular flexibility index (Phi) is 48.6. The molecule has 0 aromatic rings. The highest BCUT2D eigenvalue weighted by Crippen LogP contribution is 2.43. The van der Waals surface area contributed by atoms with Gasteiger partial charge in [-0.1, -0.05) is 207 Å². The van der Waals surface area contributed by atoms with Crippen LogP contribution in [0.3, 0.4) is 0 Å². The van der Waals surface area contributed by atoms with Gasteiger partial charge in [-0.05, 0) is 96.3 Å². The number of carbonyl (C=O) groups excluding carboxylic acids is 2. The minimum Gasteiger partial charge on any atom is -0.462 e. The molecule has 0 aromatic heterocycles. The fraction of sp³-hybridized carbons (Fsp3) is 0.700. The summed E-state index contributed by atoms with van der Waals surface area (Å²) in [5.41, 5.74) is 0. The molecule has 0 rings (SSSR count). The van der Waals surface area contributed by atoms with Crippen molar-refractivity contribution >= 4 is 19.8 Å². The summed E-state index contributed by atoms with van der Waals surface area (Å²) in [5, 5.41) is 0. The van der Waals surface area contributed by atoms with Gasteiger partial charge in [0.05, 0.1) is 27.7 Å². The lowest BCUT2D eigenvalue weighted by Crippen LogP contribution is -2.37. The van der Waals surface area contributed by atoms with E-state index in [1.807, 2.05) is 21.1 Å². The fourth-order valence-electron chi connectivity index (χ4n) is 7.28. The van der Waals surface area contributed by atoms with Crippen LogP contribution in [-0.2, 0) is 32.7 Å². The Balaban J connectivity index is 4.28. The van der Waals surface area contributed by atoms with Crippen LogP contribution in [0.4, 0.5) is 0 Å². The maximum Gasteiger partial charge on any atom is 0.472 e. The predicted octanol–water partition coefficient (Wildman–Crippen LogP) is 17.3. The van der Waals surface area contributed by atoms with E-state index in [1.165, 1.54) is 89.9 Å². The van der Waals surface area contributed by atoms with Gasteiger partial charge in [0, 0.05) is 12.8 Å². The first-order chi connectivity index (χ1) is 34.0. The van der Waals surface area contributed by atoms with Gasteiger partial charge in [0.15, 0.2) is 6.10 Å². The number of carbonyl (C=O) groups is 2. The van der Waals surface area contributed by atoms with Crippen molar-refractivity contribution < 1.29 is 42.1 Å². The number of ether oxygens (including phenoxy) is 2. The summed E-state index contributed by atoms with van der Waals surface area (Å²) in [6, 6.07) is 0. The van der Waals surface area contributed by atoms with E-state index in [0.717, 1.165) is 96.3 Å². The van der Waals surface area contributed by atoms with Crippen LogP contribution in [0.25, 0.3) is 0 Å². The average Bonchev–Trinajstić information content (AvgIpc) is 3.32. The summed E-state index contributed by atoms with van der Waals surface area (Å²) in [6.45, 7) is 4.29. The highest BCUT2D eigenvalue weighted by Gasteiger charge is 2.27. The van der Waals surface area contributed by atoms with Gasteiger partial charge in [-0.3, -0.25) is 18.6 Å². The molecule has 0 amide bonds. The van der Waals surface area contributed by atoms with E-state index in [0.29, 0.717) is 17.4 Å². The molecule has 1 N–H and O–H groups in total. The lowest BCUT2D eigenvalue weighted by atomic mass is 10.1. The maximum absolute atomic E-state index is 12.8. The number of allylic oxidation sites excluding steroid dienone is 16. The van der Waals surface area contributed by atoms with Crippen molar-refractivity contribution in [2.75, 3.05) is 47.5 Å². The quantitative estimate of drug-likeness (QED) is 0.0211. The first-order valence-corrected chi connectivity index (χ1v) is 29.5. The Hall–Kier alpha value is -3.07. The molecule has 10 heteroatoms. The van der Waals surface area contributed by atoms with Gasteiger partial charge in [0.2, 0.25) is 0 Å². The Bertz CT molecular complexity index is 1500. The molecule has 0 bridgehead atoms. The molecule has 70 heavy (non-hydrogen) atoms. The smallest absolute Gasteiger partial charge is 0.462 e. The number of esters is 2. The van der Waals surface area contributed by atoms with E-state index in [-0.39, 0.29) is 32.0 Å². The van der Waals surface area contributed by atoms with E-state index < -0.39 is 26.5 Å². The van der Waals surface area contributed by atoms with Crippen LogP contribution in [0.2, 0.25) is 0 Å². The number of hydrogen-bond donors (Lipinski definition) is 1. The van der Waals surface area contributed by atoms with Gasteiger partial charge in [0.1, 0.15) is 19.8 Å². The van der Waals surface area contributed by atoms with Gasteiger partial charge >= 0.3 is 19.8 Å². The summed E-state index contributed by atoms with van der Waals surface area (Å²) in [7, 11) is 1.45. The molecule has 0 spiro atoms. The molecule has 402 valence electrons. The van der Waals surface area contributed by atoms with Crippen molar-refractivity contribution in [3.05, 3.63) is 97.2 Å². The first-order valence-electron chi connectivity index (χ1n) is 28.0. The highest BCUT2D eigenvalue weighted by atomic mass is 31.2. The third-order valence-corrected chi connectivity index (χ3v) is 12.6. The van der Waals surface area contributed by atoms with Gasteiger partial charge < -0.3 is 18.9 Å². The van der Waals surface area contributed by atoms with Gasteiger partial charge in [-0.15, -0.1) is 0 Å².